The Kier molecular flexibility index (Phi) is 6.23. The quantitative estimate of drug-likeness (QED) is 0.680. The van der Waals surface area contributed by atoms with Gasteiger partial charge >= 0.3 is 0 Å². The standard InChI is InChI=1S/C10H22N2O2Si/c1-5-9(13)11-15(7-3,8-4)12-10(14)6-2/h5-8H2,1-4H3,(H,11,13)(H,12,14). The van der Waals surface area contributed by atoms with Crippen LogP contribution in [-0.2, 0) is 9.59 Å². The summed E-state index contributed by atoms with van der Waals surface area (Å²) < 4.78 is 0. The largest absolute Gasteiger partial charge is 0.365 e. The minimum Gasteiger partial charge on any atom is -0.365 e. The molecule has 0 saturated carbocycles. The van der Waals surface area contributed by atoms with E-state index in [1.807, 2.05) is 27.7 Å². The minimum absolute atomic E-state index is 0.0294. The smallest absolute Gasteiger partial charge is 0.263 e. The molecular formula is C10H22N2O2Si. The zero-order valence-electron chi connectivity index (χ0n) is 10.1. The molecule has 0 spiro atoms. The van der Waals surface area contributed by atoms with Crippen LogP contribution >= 0.6 is 0 Å². The van der Waals surface area contributed by atoms with Gasteiger partial charge in [0.25, 0.3) is 8.40 Å². The summed E-state index contributed by atoms with van der Waals surface area (Å²) in [4.78, 5) is 28.8. The second kappa shape index (κ2) is 6.61. The number of rotatable bonds is 6. The van der Waals surface area contributed by atoms with E-state index >= 15 is 0 Å². The van der Waals surface area contributed by atoms with Gasteiger partial charge in [0.05, 0.1) is 0 Å². The lowest BCUT2D eigenvalue weighted by molar-refractivity contribution is -0.119. The van der Waals surface area contributed by atoms with Gasteiger partial charge in [-0.15, -0.1) is 0 Å². The fraction of sp³-hybridized carbons (Fsp3) is 0.800. The van der Waals surface area contributed by atoms with Crippen molar-refractivity contribution < 1.29 is 9.59 Å². The van der Waals surface area contributed by atoms with Crippen molar-refractivity contribution in [2.75, 3.05) is 0 Å². The van der Waals surface area contributed by atoms with Crippen LogP contribution in [0, 0.1) is 0 Å². The zero-order chi connectivity index (χ0) is 11.9. The lowest BCUT2D eigenvalue weighted by Gasteiger charge is -2.30. The van der Waals surface area contributed by atoms with E-state index in [9.17, 15) is 9.59 Å². The van der Waals surface area contributed by atoms with Crippen LogP contribution in [0.25, 0.3) is 0 Å². The molecule has 0 radical (unpaired) electrons. The van der Waals surface area contributed by atoms with Crippen molar-refractivity contribution in [2.24, 2.45) is 0 Å². The minimum atomic E-state index is -2.11. The van der Waals surface area contributed by atoms with E-state index in [2.05, 4.69) is 9.96 Å². The van der Waals surface area contributed by atoms with E-state index in [-0.39, 0.29) is 11.8 Å². The SMILES string of the molecule is CCC(=O)N[Si](CC)(CC)NC(=O)CC. The van der Waals surface area contributed by atoms with E-state index in [1.54, 1.807) is 0 Å². The van der Waals surface area contributed by atoms with Crippen molar-refractivity contribution in [3.63, 3.8) is 0 Å². The molecule has 5 heteroatoms. The Morgan fingerprint density at radius 1 is 0.867 bits per heavy atom. The second-order valence-electron chi connectivity index (χ2n) is 3.59. The molecule has 0 saturated heterocycles. The van der Waals surface area contributed by atoms with Gasteiger partial charge in [-0.1, -0.05) is 27.7 Å². The van der Waals surface area contributed by atoms with Crippen molar-refractivity contribution in [3.05, 3.63) is 0 Å². The fourth-order valence-electron chi connectivity index (χ4n) is 1.35. The lowest BCUT2D eigenvalue weighted by atomic mass is 10.5. The third kappa shape index (κ3) is 4.46. The Labute approximate surface area is 93.0 Å². The maximum Gasteiger partial charge on any atom is 0.263 e. The molecule has 0 heterocycles. The molecule has 88 valence electrons. The van der Waals surface area contributed by atoms with Gasteiger partial charge in [0.15, 0.2) is 0 Å². The van der Waals surface area contributed by atoms with Crippen LogP contribution < -0.4 is 9.96 Å². The summed E-state index contributed by atoms with van der Waals surface area (Å²) >= 11 is 0. The number of nitrogens with one attached hydrogen (secondary N) is 2. The zero-order valence-corrected chi connectivity index (χ0v) is 11.1. The third-order valence-electron chi connectivity index (χ3n) is 2.61. The molecule has 0 unspecified atom stereocenters. The molecular weight excluding hydrogens is 208 g/mol. The Morgan fingerprint density at radius 3 is 1.40 bits per heavy atom. The summed E-state index contributed by atoms with van der Waals surface area (Å²) in [5.74, 6) is 0.0588. The molecule has 0 aliphatic carbocycles. The van der Waals surface area contributed by atoms with Crippen LogP contribution in [0.15, 0.2) is 0 Å². The average Bonchev–Trinajstić information content (AvgIpc) is 2.27. The summed E-state index contributed by atoms with van der Waals surface area (Å²) in [6.45, 7) is 7.67. The van der Waals surface area contributed by atoms with Crippen LogP contribution in [0.1, 0.15) is 40.5 Å². The van der Waals surface area contributed by atoms with Crippen molar-refractivity contribution in [1.82, 2.24) is 9.96 Å². The molecule has 0 aromatic rings. The Morgan fingerprint density at radius 2 is 1.20 bits per heavy atom. The summed E-state index contributed by atoms with van der Waals surface area (Å²) in [6, 6.07) is 1.67. The predicted molar refractivity (Wildman–Crippen MR) is 63.6 cm³/mol. The van der Waals surface area contributed by atoms with Crippen LogP contribution in [0.2, 0.25) is 12.1 Å². The highest BCUT2D eigenvalue weighted by atomic mass is 28.3. The van der Waals surface area contributed by atoms with Gasteiger partial charge in [-0.25, -0.2) is 0 Å². The van der Waals surface area contributed by atoms with Crippen LogP contribution in [0.4, 0.5) is 0 Å². The summed E-state index contributed by atoms with van der Waals surface area (Å²) in [5, 5.41) is 0. The Hall–Kier alpha value is -0.843. The predicted octanol–water partition coefficient (Wildman–Crippen LogP) is 1.52. The molecule has 0 atom stereocenters. The first-order valence-electron chi connectivity index (χ1n) is 5.65. The van der Waals surface area contributed by atoms with Gasteiger partial charge in [-0.05, 0) is 12.1 Å². The van der Waals surface area contributed by atoms with E-state index < -0.39 is 8.40 Å². The van der Waals surface area contributed by atoms with Gasteiger partial charge in [0.2, 0.25) is 11.8 Å². The number of carbonyl (C=O) groups is 2. The molecule has 0 aromatic carbocycles. The highest BCUT2D eigenvalue weighted by Crippen LogP contribution is 2.08. The molecule has 0 aliphatic heterocycles. The van der Waals surface area contributed by atoms with Crippen LogP contribution in [0.5, 0.6) is 0 Å². The maximum atomic E-state index is 11.4. The number of hydrogen-bond acceptors (Lipinski definition) is 2. The third-order valence-corrected chi connectivity index (χ3v) is 6.54. The number of amides is 2. The molecule has 15 heavy (non-hydrogen) atoms. The summed E-state index contributed by atoms with van der Waals surface area (Å²) in [5.41, 5.74) is 0. The first-order valence-corrected chi connectivity index (χ1v) is 8.07. The van der Waals surface area contributed by atoms with Crippen molar-refractivity contribution in [1.29, 1.82) is 0 Å². The normalized spacial score (nSPS) is 10.9. The number of carbonyl (C=O) groups excluding carboxylic acids is 2. The monoisotopic (exact) mass is 230 g/mol. The molecule has 4 nitrogen and oxygen atoms in total. The van der Waals surface area contributed by atoms with Gasteiger partial charge in [0, 0.05) is 12.8 Å². The Bertz CT molecular complexity index is 207. The summed E-state index contributed by atoms with van der Waals surface area (Å²) in [7, 11) is -2.11. The van der Waals surface area contributed by atoms with Gasteiger partial charge in [0.1, 0.15) is 0 Å². The van der Waals surface area contributed by atoms with E-state index in [0.717, 1.165) is 12.1 Å². The topological polar surface area (TPSA) is 58.2 Å². The number of hydrogen-bond donors (Lipinski definition) is 2. The molecule has 2 N–H and O–H groups in total. The van der Waals surface area contributed by atoms with Crippen LogP contribution in [-0.4, -0.2) is 20.2 Å². The second-order valence-corrected chi connectivity index (χ2v) is 7.67. The molecule has 0 aromatic heterocycles. The first-order chi connectivity index (χ1) is 7.03. The Balaban J connectivity index is 4.56. The lowest BCUT2D eigenvalue weighted by Crippen LogP contribution is -2.64. The fourth-order valence-corrected chi connectivity index (χ4v) is 4.04. The van der Waals surface area contributed by atoms with Gasteiger partial charge in [-0.3, -0.25) is 9.59 Å². The molecule has 0 fully saturated rings. The van der Waals surface area contributed by atoms with Crippen molar-refractivity contribution in [2.45, 2.75) is 52.6 Å². The van der Waals surface area contributed by atoms with Crippen LogP contribution in [0.3, 0.4) is 0 Å². The average molecular weight is 230 g/mol. The summed E-state index contributed by atoms with van der Waals surface area (Å²) in [6.07, 6.45) is 0.938. The van der Waals surface area contributed by atoms with Gasteiger partial charge in [-0.2, -0.15) is 0 Å². The van der Waals surface area contributed by atoms with E-state index in [4.69, 9.17) is 0 Å². The van der Waals surface area contributed by atoms with Crippen molar-refractivity contribution in [3.8, 4) is 0 Å². The molecule has 0 rings (SSSR count). The molecule has 0 bridgehead atoms. The first kappa shape index (κ1) is 14.2. The van der Waals surface area contributed by atoms with E-state index in [1.165, 1.54) is 0 Å². The van der Waals surface area contributed by atoms with E-state index in [0.29, 0.717) is 12.8 Å². The van der Waals surface area contributed by atoms with Gasteiger partial charge < -0.3 is 9.96 Å². The van der Waals surface area contributed by atoms with Crippen molar-refractivity contribution >= 4 is 20.2 Å². The highest BCUT2D eigenvalue weighted by molar-refractivity contribution is 6.79. The highest BCUT2D eigenvalue weighted by Gasteiger charge is 2.33. The maximum absolute atomic E-state index is 11.4. The molecule has 0 aliphatic rings. The molecule has 2 amide bonds.